The number of nitrogens with zero attached hydrogens (tertiary/aromatic N) is 7. The molecule has 4 heterocycles. The summed E-state index contributed by atoms with van der Waals surface area (Å²) in [5.41, 5.74) is 4.77. The van der Waals surface area contributed by atoms with Crippen molar-refractivity contribution in [1.29, 1.82) is 0 Å². The number of benzene rings is 2. The summed E-state index contributed by atoms with van der Waals surface area (Å²) in [7, 11) is 1.59. The zero-order chi connectivity index (χ0) is 26.4. The monoisotopic (exact) mass is 548 g/mol. The number of anilines is 3. The fourth-order valence-corrected chi connectivity index (χ4v) is 5.04. The zero-order valence-electron chi connectivity index (χ0n) is 21.4. The van der Waals surface area contributed by atoms with Crippen LogP contribution in [0.3, 0.4) is 0 Å². The third-order valence-corrected chi connectivity index (χ3v) is 7.18. The maximum absolute atomic E-state index is 6.15. The first kappa shape index (κ1) is 25.2. The summed E-state index contributed by atoms with van der Waals surface area (Å²) in [6.45, 7) is 5.31. The predicted molar refractivity (Wildman–Crippen MR) is 150 cm³/mol. The van der Waals surface area contributed by atoms with Crippen LogP contribution < -0.4 is 24.7 Å². The Morgan fingerprint density at radius 2 is 1.56 bits per heavy atom. The molecule has 0 aliphatic carbocycles. The van der Waals surface area contributed by atoms with Gasteiger partial charge in [-0.1, -0.05) is 23.5 Å². The SMILES string of the molecule is COc1cc(/C=N\Nc2nc3ccccc3s2)ccc1Oc1nc(N2CCOCC2)nc(N2CCOCC2)n1. The molecule has 39 heavy (non-hydrogen) atoms. The number of rotatable bonds is 8. The first-order chi connectivity index (χ1) is 19.2. The largest absolute Gasteiger partial charge is 0.493 e. The van der Waals surface area contributed by atoms with Crippen molar-refractivity contribution in [3.05, 3.63) is 48.0 Å². The second kappa shape index (κ2) is 11.8. The minimum atomic E-state index is 0.199. The second-order valence-electron chi connectivity index (χ2n) is 8.79. The van der Waals surface area contributed by atoms with E-state index in [2.05, 4.69) is 35.3 Å². The molecule has 0 radical (unpaired) electrons. The van der Waals surface area contributed by atoms with Crippen LogP contribution in [0.5, 0.6) is 17.5 Å². The van der Waals surface area contributed by atoms with Gasteiger partial charge in [0.05, 0.1) is 50.0 Å². The first-order valence-electron chi connectivity index (χ1n) is 12.7. The van der Waals surface area contributed by atoms with Crippen LogP contribution >= 0.6 is 11.3 Å². The van der Waals surface area contributed by atoms with E-state index in [0.717, 1.165) is 20.9 Å². The zero-order valence-corrected chi connectivity index (χ0v) is 22.3. The Balaban J connectivity index is 1.21. The molecule has 0 spiro atoms. The van der Waals surface area contributed by atoms with Gasteiger partial charge in [-0.05, 0) is 35.9 Å². The van der Waals surface area contributed by atoms with Crippen molar-refractivity contribution >= 4 is 44.8 Å². The Bertz CT molecular complexity index is 1380. The number of hydrogen-bond acceptors (Lipinski definition) is 13. The van der Waals surface area contributed by atoms with E-state index in [0.29, 0.717) is 76.0 Å². The molecule has 202 valence electrons. The number of thiazole rings is 1. The molecule has 12 nitrogen and oxygen atoms in total. The molecule has 4 aromatic rings. The molecule has 6 rings (SSSR count). The molecule has 2 aromatic carbocycles. The Morgan fingerprint density at radius 3 is 2.23 bits per heavy atom. The lowest BCUT2D eigenvalue weighted by atomic mass is 10.2. The van der Waals surface area contributed by atoms with Crippen LogP contribution in [-0.4, -0.2) is 85.9 Å². The maximum atomic E-state index is 6.15. The number of fused-ring (bicyclic) bond motifs is 1. The van der Waals surface area contributed by atoms with Gasteiger partial charge in [0, 0.05) is 26.2 Å². The first-order valence-corrected chi connectivity index (χ1v) is 13.5. The number of hydrazone groups is 1. The molecular formula is C26H28N8O4S. The predicted octanol–water partition coefficient (Wildman–Crippen LogP) is 3.40. The number of ether oxygens (including phenoxy) is 4. The third-order valence-electron chi connectivity index (χ3n) is 6.24. The third kappa shape index (κ3) is 6.00. The maximum Gasteiger partial charge on any atom is 0.328 e. The van der Waals surface area contributed by atoms with Crippen molar-refractivity contribution in [3.8, 4) is 17.5 Å². The van der Waals surface area contributed by atoms with E-state index in [1.54, 1.807) is 24.7 Å². The van der Waals surface area contributed by atoms with E-state index in [4.69, 9.17) is 23.9 Å². The number of hydrogen-bond donors (Lipinski definition) is 1. The molecule has 2 aromatic heterocycles. The van der Waals surface area contributed by atoms with Gasteiger partial charge in [0.15, 0.2) is 11.5 Å². The van der Waals surface area contributed by atoms with Crippen molar-refractivity contribution in [3.63, 3.8) is 0 Å². The molecule has 1 N–H and O–H groups in total. The van der Waals surface area contributed by atoms with Crippen molar-refractivity contribution in [2.45, 2.75) is 0 Å². The average molecular weight is 549 g/mol. The summed E-state index contributed by atoms with van der Waals surface area (Å²) >= 11 is 1.55. The lowest BCUT2D eigenvalue weighted by Crippen LogP contribution is -2.40. The average Bonchev–Trinajstić information content (AvgIpc) is 3.41. The number of methoxy groups -OCH3 is 1. The van der Waals surface area contributed by atoms with Gasteiger partial charge in [-0.2, -0.15) is 20.1 Å². The second-order valence-corrected chi connectivity index (χ2v) is 9.82. The van der Waals surface area contributed by atoms with E-state index in [9.17, 15) is 0 Å². The summed E-state index contributed by atoms with van der Waals surface area (Å²) in [6, 6.07) is 13.7. The smallest absolute Gasteiger partial charge is 0.328 e. The van der Waals surface area contributed by atoms with Gasteiger partial charge in [-0.15, -0.1) is 0 Å². The van der Waals surface area contributed by atoms with Gasteiger partial charge in [0.2, 0.25) is 17.0 Å². The number of morpholine rings is 2. The molecule has 2 aliphatic rings. The lowest BCUT2D eigenvalue weighted by molar-refractivity contribution is 0.121. The highest BCUT2D eigenvalue weighted by atomic mass is 32.1. The quantitative estimate of drug-likeness (QED) is 0.258. The van der Waals surface area contributed by atoms with Gasteiger partial charge < -0.3 is 28.7 Å². The van der Waals surface area contributed by atoms with Crippen LogP contribution in [0.4, 0.5) is 17.0 Å². The molecule has 0 unspecified atom stereocenters. The van der Waals surface area contributed by atoms with Crippen LogP contribution in [0, 0.1) is 0 Å². The van der Waals surface area contributed by atoms with Crippen LogP contribution in [0.25, 0.3) is 10.2 Å². The Kier molecular flexibility index (Phi) is 7.61. The summed E-state index contributed by atoms with van der Waals surface area (Å²) in [4.78, 5) is 22.7. The van der Waals surface area contributed by atoms with Crippen molar-refractivity contribution in [1.82, 2.24) is 19.9 Å². The Hall–Kier alpha value is -4.07. The fourth-order valence-electron chi connectivity index (χ4n) is 4.22. The van der Waals surface area contributed by atoms with Crippen LogP contribution in [0.2, 0.25) is 0 Å². The number of para-hydroxylation sites is 1. The van der Waals surface area contributed by atoms with Crippen molar-refractivity contribution in [2.24, 2.45) is 5.10 Å². The Labute approximate surface area is 229 Å². The number of aromatic nitrogens is 4. The molecule has 2 aliphatic heterocycles. The number of nitrogens with one attached hydrogen (secondary N) is 1. The Morgan fingerprint density at radius 1 is 0.872 bits per heavy atom. The topological polar surface area (TPSA) is 119 Å². The van der Waals surface area contributed by atoms with Gasteiger partial charge in [-0.3, -0.25) is 5.43 Å². The summed E-state index contributed by atoms with van der Waals surface area (Å²) in [6.07, 6.45) is 1.70. The van der Waals surface area contributed by atoms with Crippen molar-refractivity contribution < 1.29 is 18.9 Å². The standard InChI is InChI=1S/C26H28N8O4S/c1-35-21-16-18(17-27-32-26-28-19-4-2-3-5-22(19)39-26)6-7-20(21)38-25-30-23(33-8-12-36-13-9-33)29-24(31-25)34-10-14-37-15-11-34/h2-7,16-17H,8-15H2,1H3,(H,28,32)/b27-17-. The molecule has 0 saturated carbocycles. The summed E-state index contributed by atoms with van der Waals surface area (Å²) in [5, 5.41) is 5.06. The van der Waals surface area contributed by atoms with Gasteiger partial charge in [0.25, 0.3) is 0 Å². The van der Waals surface area contributed by atoms with Crippen LogP contribution in [0.15, 0.2) is 47.6 Å². The van der Waals surface area contributed by atoms with E-state index in [1.807, 2.05) is 42.5 Å². The molecular weight excluding hydrogens is 520 g/mol. The van der Waals surface area contributed by atoms with Gasteiger partial charge >= 0.3 is 6.01 Å². The minimum absolute atomic E-state index is 0.199. The molecule has 2 saturated heterocycles. The molecule has 13 heteroatoms. The molecule has 0 bridgehead atoms. The van der Waals surface area contributed by atoms with Gasteiger partial charge in [0.1, 0.15) is 0 Å². The minimum Gasteiger partial charge on any atom is -0.493 e. The van der Waals surface area contributed by atoms with Gasteiger partial charge in [-0.25, -0.2) is 4.98 Å². The fraction of sp³-hybridized carbons (Fsp3) is 0.346. The van der Waals surface area contributed by atoms with Crippen molar-refractivity contribution in [2.75, 3.05) is 74.9 Å². The van der Waals surface area contributed by atoms with Crippen LogP contribution in [-0.2, 0) is 9.47 Å². The van der Waals surface area contributed by atoms with E-state index in [-0.39, 0.29) is 6.01 Å². The van der Waals surface area contributed by atoms with Crippen LogP contribution in [0.1, 0.15) is 5.56 Å². The lowest BCUT2D eigenvalue weighted by Gasteiger charge is -2.30. The van der Waals surface area contributed by atoms with E-state index < -0.39 is 0 Å². The highest BCUT2D eigenvalue weighted by molar-refractivity contribution is 7.22. The summed E-state index contributed by atoms with van der Waals surface area (Å²) in [5.74, 6) is 2.14. The van der Waals surface area contributed by atoms with E-state index in [1.165, 1.54) is 0 Å². The normalized spacial score (nSPS) is 16.1. The highest BCUT2D eigenvalue weighted by Crippen LogP contribution is 2.32. The molecule has 2 fully saturated rings. The van der Waals surface area contributed by atoms with E-state index >= 15 is 0 Å². The highest BCUT2D eigenvalue weighted by Gasteiger charge is 2.22. The molecule has 0 atom stereocenters. The summed E-state index contributed by atoms with van der Waals surface area (Å²) < 4.78 is 23.9. The molecule has 0 amide bonds.